The number of aromatic amines is 1. The van der Waals surface area contributed by atoms with Gasteiger partial charge in [-0.3, -0.25) is 14.9 Å². The molecular formula is C15H14N4O. The molecule has 0 spiro atoms. The zero-order valence-corrected chi connectivity index (χ0v) is 11.1. The Morgan fingerprint density at radius 1 is 1.25 bits per heavy atom. The second kappa shape index (κ2) is 5.13. The summed E-state index contributed by atoms with van der Waals surface area (Å²) in [6.07, 6.45) is 1.94. The van der Waals surface area contributed by atoms with Crippen LogP contribution in [0.4, 0.5) is 5.82 Å². The number of hydrogen-bond acceptors (Lipinski definition) is 3. The van der Waals surface area contributed by atoms with E-state index in [1.165, 1.54) is 0 Å². The molecule has 0 unspecified atom stereocenters. The van der Waals surface area contributed by atoms with E-state index in [9.17, 15) is 4.79 Å². The number of aromatic nitrogens is 3. The van der Waals surface area contributed by atoms with Gasteiger partial charge in [-0.1, -0.05) is 18.2 Å². The van der Waals surface area contributed by atoms with Gasteiger partial charge in [0, 0.05) is 11.6 Å². The lowest BCUT2D eigenvalue weighted by molar-refractivity contribution is -0.115. The predicted molar refractivity (Wildman–Crippen MR) is 77.4 cm³/mol. The first-order chi connectivity index (χ1) is 9.74. The second-order valence-electron chi connectivity index (χ2n) is 4.61. The largest absolute Gasteiger partial charge is 0.308 e. The summed E-state index contributed by atoms with van der Waals surface area (Å²) in [7, 11) is 0. The Bertz CT molecular complexity index is 763. The Morgan fingerprint density at radius 3 is 2.95 bits per heavy atom. The molecule has 0 aliphatic rings. The quantitative estimate of drug-likeness (QED) is 0.765. The Balaban J connectivity index is 1.78. The number of nitrogens with one attached hydrogen (secondary N) is 2. The third-order valence-electron chi connectivity index (χ3n) is 3.17. The first kappa shape index (κ1) is 12.3. The van der Waals surface area contributed by atoms with E-state index in [1.54, 1.807) is 6.20 Å². The van der Waals surface area contributed by atoms with E-state index in [2.05, 4.69) is 20.5 Å². The molecular weight excluding hydrogens is 252 g/mol. The number of carbonyl (C=O) groups is 1. The molecule has 0 atom stereocenters. The molecule has 3 aromatic rings. The lowest BCUT2D eigenvalue weighted by atomic mass is 10.1. The van der Waals surface area contributed by atoms with Gasteiger partial charge < -0.3 is 5.32 Å². The van der Waals surface area contributed by atoms with Crippen LogP contribution in [-0.4, -0.2) is 21.1 Å². The highest BCUT2D eigenvalue weighted by Gasteiger charge is 2.11. The van der Waals surface area contributed by atoms with Crippen LogP contribution in [0.1, 0.15) is 11.3 Å². The number of anilines is 1. The fourth-order valence-corrected chi connectivity index (χ4v) is 2.09. The van der Waals surface area contributed by atoms with Gasteiger partial charge in [-0.15, -0.1) is 0 Å². The molecule has 2 aromatic heterocycles. The highest BCUT2D eigenvalue weighted by atomic mass is 16.1. The van der Waals surface area contributed by atoms with Crippen LogP contribution in [0.5, 0.6) is 0 Å². The van der Waals surface area contributed by atoms with Gasteiger partial charge in [0.1, 0.15) is 0 Å². The topological polar surface area (TPSA) is 70.7 Å². The van der Waals surface area contributed by atoms with Gasteiger partial charge in [0.2, 0.25) is 5.91 Å². The molecule has 5 nitrogen and oxygen atoms in total. The number of aryl methyl sites for hydroxylation is 1. The molecule has 2 N–H and O–H groups in total. The summed E-state index contributed by atoms with van der Waals surface area (Å²) >= 11 is 0. The molecule has 3 rings (SSSR count). The average Bonchev–Trinajstić information content (AvgIpc) is 2.85. The van der Waals surface area contributed by atoms with Gasteiger partial charge in [0.15, 0.2) is 5.82 Å². The van der Waals surface area contributed by atoms with E-state index in [0.29, 0.717) is 5.82 Å². The zero-order valence-electron chi connectivity index (χ0n) is 11.1. The fraction of sp³-hybridized carbons (Fsp3) is 0.133. The summed E-state index contributed by atoms with van der Waals surface area (Å²) in [5.41, 5.74) is 2.69. The van der Waals surface area contributed by atoms with E-state index in [-0.39, 0.29) is 12.3 Å². The van der Waals surface area contributed by atoms with Crippen molar-refractivity contribution < 1.29 is 4.79 Å². The van der Waals surface area contributed by atoms with Gasteiger partial charge in [-0.05, 0) is 30.7 Å². The fourth-order valence-electron chi connectivity index (χ4n) is 2.09. The van der Waals surface area contributed by atoms with Crippen LogP contribution in [-0.2, 0) is 11.2 Å². The summed E-state index contributed by atoms with van der Waals surface area (Å²) in [5.74, 6) is 0.434. The number of rotatable bonds is 3. The van der Waals surface area contributed by atoms with Crippen LogP contribution in [0.2, 0.25) is 0 Å². The lowest BCUT2D eigenvalue weighted by Gasteiger charge is -2.04. The lowest BCUT2D eigenvalue weighted by Crippen LogP contribution is -2.16. The van der Waals surface area contributed by atoms with E-state index >= 15 is 0 Å². The monoisotopic (exact) mass is 266 g/mol. The third kappa shape index (κ3) is 2.38. The summed E-state index contributed by atoms with van der Waals surface area (Å²) in [6, 6.07) is 11.5. The molecule has 1 amide bonds. The summed E-state index contributed by atoms with van der Waals surface area (Å²) < 4.78 is 0. The van der Waals surface area contributed by atoms with Crippen molar-refractivity contribution >= 4 is 22.6 Å². The molecule has 20 heavy (non-hydrogen) atoms. The molecule has 2 heterocycles. The standard InChI is InChI=1S/C15H14N4O/c1-10-5-4-8-16-13(10)9-14(20)17-15-11-6-2-3-7-12(11)18-19-15/h2-8H,9H2,1H3,(H2,17,18,19,20). The number of amides is 1. The highest BCUT2D eigenvalue weighted by molar-refractivity contribution is 6.00. The molecule has 0 saturated carbocycles. The van der Waals surface area contributed by atoms with Crippen LogP contribution in [0.25, 0.3) is 10.9 Å². The minimum Gasteiger partial charge on any atom is -0.308 e. The zero-order chi connectivity index (χ0) is 13.9. The van der Waals surface area contributed by atoms with E-state index in [0.717, 1.165) is 22.2 Å². The SMILES string of the molecule is Cc1cccnc1CC(=O)Nc1n[nH]c2ccccc12. The van der Waals surface area contributed by atoms with Crippen LogP contribution in [0, 0.1) is 6.92 Å². The first-order valence-corrected chi connectivity index (χ1v) is 6.37. The number of hydrogen-bond donors (Lipinski definition) is 2. The summed E-state index contributed by atoms with van der Waals surface area (Å²) in [4.78, 5) is 16.3. The number of nitrogens with zero attached hydrogens (tertiary/aromatic N) is 2. The van der Waals surface area contributed by atoms with Crippen LogP contribution < -0.4 is 5.32 Å². The molecule has 0 radical (unpaired) electrons. The molecule has 100 valence electrons. The minimum absolute atomic E-state index is 0.121. The van der Waals surface area contributed by atoms with Crippen molar-refractivity contribution in [3.63, 3.8) is 0 Å². The maximum Gasteiger partial charge on any atom is 0.231 e. The molecule has 1 aromatic carbocycles. The molecule has 0 aliphatic heterocycles. The first-order valence-electron chi connectivity index (χ1n) is 6.37. The normalized spacial score (nSPS) is 10.7. The Labute approximate surface area is 116 Å². The van der Waals surface area contributed by atoms with Crippen molar-refractivity contribution in [3.05, 3.63) is 53.9 Å². The second-order valence-corrected chi connectivity index (χ2v) is 4.61. The predicted octanol–water partition coefficient (Wildman–Crippen LogP) is 2.45. The number of fused-ring (bicyclic) bond motifs is 1. The minimum atomic E-state index is -0.121. The third-order valence-corrected chi connectivity index (χ3v) is 3.17. The molecule has 0 saturated heterocycles. The Hall–Kier alpha value is -2.69. The highest BCUT2D eigenvalue weighted by Crippen LogP contribution is 2.19. The van der Waals surface area contributed by atoms with Crippen molar-refractivity contribution in [2.75, 3.05) is 5.32 Å². The Morgan fingerprint density at radius 2 is 2.10 bits per heavy atom. The van der Waals surface area contributed by atoms with Crippen molar-refractivity contribution in [1.29, 1.82) is 0 Å². The molecule has 5 heteroatoms. The van der Waals surface area contributed by atoms with Crippen LogP contribution in [0.15, 0.2) is 42.6 Å². The van der Waals surface area contributed by atoms with Gasteiger partial charge >= 0.3 is 0 Å². The maximum atomic E-state index is 12.1. The smallest absolute Gasteiger partial charge is 0.231 e. The number of benzene rings is 1. The van der Waals surface area contributed by atoms with Crippen LogP contribution >= 0.6 is 0 Å². The summed E-state index contributed by atoms with van der Waals surface area (Å²) in [6.45, 7) is 1.94. The molecule has 0 fully saturated rings. The average molecular weight is 266 g/mol. The van der Waals surface area contributed by atoms with Crippen LogP contribution in [0.3, 0.4) is 0 Å². The number of pyridine rings is 1. The van der Waals surface area contributed by atoms with Gasteiger partial charge in [0.05, 0.1) is 17.6 Å². The van der Waals surface area contributed by atoms with E-state index in [4.69, 9.17) is 0 Å². The molecule has 0 bridgehead atoms. The number of para-hydroxylation sites is 1. The van der Waals surface area contributed by atoms with Crippen molar-refractivity contribution in [2.45, 2.75) is 13.3 Å². The summed E-state index contributed by atoms with van der Waals surface area (Å²) in [5, 5.41) is 10.7. The number of carbonyl (C=O) groups excluding carboxylic acids is 1. The van der Waals surface area contributed by atoms with Crippen molar-refractivity contribution in [2.24, 2.45) is 0 Å². The molecule has 0 aliphatic carbocycles. The van der Waals surface area contributed by atoms with Crippen molar-refractivity contribution in [3.8, 4) is 0 Å². The van der Waals surface area contributed by atoms with E-state index in [1.807, 2.05) is 43.3 Å². The van der Waals surface area contributed by atoms with E-state index < -0.39 is 0 Å². The Kier molecular flexibility index (Phi) is 3.16. The van der Waals surface area contributed by atoms with Gasteiger partial charge in [-0.25, -0.2) is 0 Å². The van der Waals surface area contributed by atoms with Gasteiger partial charge in [-0.2, -0.15) is 5.10 Å². The van der Waals surface area contributed by atoms with Gasteiger partial charge in [0.25, 0.3) is 0 Å². The van der Waals surface area contributed by atoms with Crippen molar-refractivity contribution in [1.82, 2.24) is 15.2 Å². The number of H-pyrrole nitrogens is 1. The maximum absolute atomic E-state index is 12.1.